The largest absolute Gasteiger partial charge is 0.289 e. The molecule has 0 saturated heterocycles. The first-order valence-corrected chi connectivity index (χ1v) is 12.0. The number of aromatic nitrogens is 4. The maximum Gasteiger partial charge on any atom is 0.146 e. The van der Waals surface area contributed by atoms with Crippen LogP contribution in [0.15, 0.2) is 85.3 Å². The first kappa shape index (κ1) is 17.8. The van der Waals surface area contributed by atoms with Crippen LogP contribution in [0.2, 0.25) is 0 Å². The van der Waals surface area contributed by atoms with Crippen molar-refractivity contribution in [1.29, 1.82) is 0 Å². The number of pyridine rings is 3. The second-order valence-electron chi connectivity index (χ2n) is 9.70. The summed E-state index contributed by atoms with van der Waals surface area (Å²) in [5.74, 6) is 0. The highest BCUT2D eigenvalue weighted by Gasteiger charge is 2.29. The van der Waals surface area contributed by atoms with Crippen molar-refractivity contribution < 1.29 is 0 Å². The number of benzene rings is 3. The van der Waals surface area contributed by atoms with Crippen molar-refractivity contribution in [3.63, 3.8) is 0 Å². The van der Waals surface area contributed by atoms with Crippen LogP contribution < -0.4 is 0 Å². The lowest BCUT2D eigenvalue weighted by atomic mass is 9.94. The van der Waals surface area contributed by atoms with E-state index in [2.05, 4.69) is 64.0 Å². The molecule has 0 amide bonds. The molecule has 0 spiro atoms. The van der Waals surface area contributed by atoms with E-state index in [4.69, 9.17) is 9.97 Å². The molecule has 0 fully saturated rings. The number of imidazole rings is 1. The Morgan fingerprint density at radius 1 is 0.686 bits per heavy atom. The van der Waals surface area contributed by atoms with Gasteiger partial charge in [-0.1, -0.05) is 36.4 Å². The summed E-state index contributed by atoms with van der Waals surface area (Å²) in [5, 5.41) is 2.31. The molecule has 4 aromatic heterocycles. The summed E-state index contributed by atoms with van der Waals surface area (Å²) in [6.07, 6.45) is 7.56. The first-order chi connectivity index (χ1) is 17.3. The molecule has 4 heteroatoms. The van der Waals surface area contributed by atoms with E-state index in [0.717, 1.165) is 51.3 Å². The van der Waals surface area contributed by atoms with Crippen LogP contribution in [0.25, 0.3) is 60.7 Å². The minimum Gasteiger partial charge on any atom is -0.289 e. The Hall–Kier alpha value is -4.57. The van der Waals surface area contributed by atoms with Gasteiger partial charge in [-0.3, -0.25) is 14.4 Å². The molecule has 0 saturated carbocycles. The van der Waals surface area contributed by atoms with Gasteiger partial charge in [0, 0.05) is 23.2 Å². The van der Waals surface area contributed by atoms with Crippen LogP contribution in [0.1, 0.15) is 22.3 Å². The zero-order valence-corrected chi connectivity index (χ0v) is 18.8. The van der Waals surface area contributed by atoms with Gasteiger partial charge in [-0.25, -0.2) is 4.98 Å². The maximum absolute atomic E-state index is 5.05. The van der Waals surface area contributed by atoms with Gasteiger partial charge in [0.1, 0.15) is 5.65 Å². The van der Waals surface area contributed by atoms with E-state index in [0.29, 0.717) is 0 Å². The Labute approximate surface area is 200 Å². The fourth-order valence-corrected chi connectivity index (χ4v) is 6.49. The fourth-order valence-electron chi connectivity index (χ4n) is 6.49. The number of rotatable bonds is 0. The Kier molecular flexibility index (Phi) is 3.11. The quantitative estimate of drug-likeness (QED) is 0.243. The number of hydrogen-bond acceptors (Lipinski definition) is 3. The summed E-state index contributed by atoms with van der Waals surface area (Å²) in [6, 6.07) is 24.4. The van der Waals surface area contributed by atoms with E-state index >= 15 is 0 Å². The minimum absolute atomic E-state index is 0.956. The maximum atomic E-state index is 5.05. The lowest BCUT2D eigenvalue weighted by Gasteiger charge is -2.12. The van der Waals surface area contributed by atoms with Gasteiger partial charge < -0.3 is 0 Å². The van der Waals surface area contributed by atoms with Gasteiger partial charge in [0.05, 0.1) is 28.3 Å². The lowest BCUT2D eigenvalue weighted by Crippen LogP contribution is -1.95. The van der Waals surface area contributed by atoms with Gasteiger partial charge in [0.2, 0.25) is 0 Å². The van der Waals surface area contributed by atoms with E-state index in [1.807, 2.05) is 30.7 Å². The number of hydrogen-bond donors (Lipinski definition) is 0. The van der Waals surface area contributed by atoms with Gasteiger partial charge >= 0.3 is 0 Å². The molecule has 0 bridgehead atoms. The molecule has 4 nitrogen and oxygen atoms in total. The zero-order valence-electron chi connectivity index (χ0n) is 18.8. The average molecular weight is 447 g/mol. The van der Waals surface area contributed by atoms with Gasteiger partial charge in [-0.15, -0.1) is 0 Å². The molecule has 2 aliphatic rings. The Morgan fingerprint density at radius 2 is 1.66 bits per heavy atom. The molecule has 0 radical (unpaired) electrons. The van der Waals surface area contributed by atoms with Gasteiger partial charge in [-0.05, 0) is 87.7 Å². The summed E-state index contributed by atoms with van der Waals surface area (Å²) in [4.78, 5) is 14.3. The summed E-state index contributed by atoms with van der Waals surface area (Å²) < 4.78 is 2.22. The van der Waals surface area contributed by atoms with Gasteiger partial charge in [0.25, 0.3) is 0 Å². The predicted octanol–water partition coefficient (Wildman–Crippen LogP) is 6.73. The van der Waals surface area contributed by atoms with Crippen LogP contribution in [0.3, 0.4) is 0 Å². The van der Waals surface area contributed by atoms with Crippen molar-refractivity contribution in [3.8, 4) is 22.3 Å². The van der Waals surface area contributed by atoms with Crippen molar-refractivity contribution in [2.75, 3.05) is 0 Å². The predicted molar refractivity (Wildman–Crippen MR) is 140 cm³/mol. The van der Waals surface area contributed by atoms with Crippen LogP contribution in [-0.4, -0.2) is 19.4 Å². The standard InChI is InChI=1S/C31H18N4/c1-2-5-20-17(4-1)13-23-21(20)8-7-18-12-19-14-25-24(15-22(19)29(18)23)30-27(6-3-10-33-30)35-28-16-32-11-9-26(28)34-31(25)35/h1-11,14-16H,12-13H2. The van der Waals surface area contributed by atoms with Crippen molar-refractivity contribution >= 4 is 38.5 Å². The monoisotopic (exact) mass is 446 g/mol. The molecule has 0 aliphatic heterocycles. The minimum atomic E-state index is 0.956. The molecule has 162 valence electrons. The molecular weight excluding hydrogens is 428 g/mol. The first-order valence-electron chi connectivity index (χ1n) is 12.0. The van der Waals surface area contributed by atoms with Crippen molar-refractivity contribution in [3.05, 3.63) is 108 Å². The molecule has 4 heterocycles. The van der Waals surface area contributed by atoms with Crippen molar-refractivity contribution in [1.82, 2.24) is 19.4 Å². The smallest absolute Gasteiger partial charge is 0.146 e. The van der Waals surface area contributed by atoms with Crippen LogP contribution >= 0.6 is 0 Å². The summed E-state index contributed by atoms with van der Waals surface area (Å²) >= 11 is 0. The fraction of sp³-hybridized carbons (Fsp3) is 0.0645. The molecule has 3 aromatic carbocycles. The molecule has 0 unspecified atom stereocenters. The summed E-state index contributed by atoms with van der Waals surface area (Å²) in [6.45, 7) is 0. The van der Waals surface area contributed by atoms with Gasteiger partial charge in [-0.2, -0.15) is 0 Å². The van der Waals surface area contributed by atoms with Crippen LogP contribution in [0.4, 0.5) is 0 Å². The molecule has 0 N–H and O–H groups in total. The highest BCUT2D eigenvalue weighted by molar-refractivity contribution is 6.14. The molecule has 0 atom stereocenters. The number of nitrogens with zero attached hydrogens (tertiary/aromatic N) is 4. The third kappa shape index (κ3) is 2.15. The van der Waals surface area contributed by atoms with E-state index in [9.17, 15) is 0 Å². The van der Waals surface area contributed by atoms with Crippen LogP contribution in [0.5, 0.6) is 0 Å². The van der Waals surface area contributed by atoms with E-state index in [1.54, 1.807) is 0 Å². The molecular formula is C31H18N4. The molecule has 9 rings (SSSR count). The normalized spacial score (nSPS) is 13.5. The van der Waals surface area contributed by atoms with E-state index in [1.165, 1.54) is 44.5 Å². The third-order valence-corrected chi connectivity index (χ3v) is 7.95. The zero-order chi connectivity index (χ0) is 22.7. The third-order valence-electron chi connectivity index (χ3n) is 7.95. The van der Waals surface area contributed by atoms with Crippen LogP contribution in [0, 0.1) is 0 Å². The summed E-state index contributed by atoms with van der Waals surface area (Å²) in [7, 11) is 0. The summed E-state index contributed by atoms with van der Waals surface area (Å²) in [5.41, 5.74) is 16.3. The van der Waals surface area contributed by atoms with E-state index < -0.39 is 0 Å². The van der Waals surface area contributed by atoms with Crippen LogP contribution in [-0.2, 0) is 12.8 Å². The van der Waals surface area contributed by atoms with Crippen molar-refractivity contribution in [2.45, 2.75) is 12.8 Å². The topological polar surface area (TPSA) is 43.1 Å². The molecule has 35 heavy (non-hydrogen) atoms. The lowest BCUT2D eigenvalue weighted by molar-refractivity contribution is 1.23. The van der Waals surface area contributed by atoms with E-state index in [-0.39, 0.29) is 0 Å². The highest BCUT2D eigenvalue weighted by Crippen LogP contribution is 2.49. The molecule has 7 aromatic rings. The average Bonchev–Trinajstić information content (AvgIpc) is 3.58. The van der Waals surface area contributed by atoms with Gasteiger partial charge in [0.15, 0.2) is 0 Å². The van der Waals surface area contributed by atoms with Crippen molar-refractivity contribution in [2.24, 2.45) is 0 Å². The highest BCUT2D eigenvalue weighted by atomic mass is 15.0. The Balaban J connectivity index is 1.41. The number of fused-ring (bicyclic) bond motifs is 15. The molecule has 2 aliphatic carbocycles. The Bertz CT molecular complexity index is 2070. The Morgan fingerprint density at radius 3 is 2.66 bits per heavy atom. The second kappa shape index (κ2) is 6.10. The SMILES string of the molecule is c1ccc2c(c1)Cc1c-2ccc2c1-c1cc3c(cc1C2)c1nc2ccncc2n1c1cccnc31. The second-order valence-corrected chi connectivity index (χ2v) is 9.70.